The summed E-state index contributed by atoms with van der Waals surface area (Å²) in [4.78, 5) is 24.2. The summed E-state index contributed by atoms with van der Waals surface area (Å²) < 4.78 is 0. The van der Waals surface area contributed by atoms with Crippen molar-refractivity contribution in [2.75, 3.05) is 26.2 Å². The molecule has 98 valence electrons. The normalized spacial score (nSPS) is 25.2. The van der Waals surface area contributed by atoms with Crippen LogP contribution >= 0.6 is 0 Å². The second-order valence-electron chi connectivity index (χ2n) is 5.13. The maximum Gasteiger partial charge on any atom is 0.311 e. The number of aliphatic carboxylic acids is 1. The van der Waals surface area contributed by atoms with Gasteiger partial charge in [0.05, 0.1) is 5.41 Å². The highest BCUT2D eigenvalue weighted by molar-refractivity contribution is 5.75. The molecule has 5 nitrogen and oxygen atoms in total. The van der Waals surface area contributed by atoms with Crippen LogP contribution in [0.3, 0.4) is 0 Å². The van der Waals surface area contributed by atoms with Crippen LogP contribution in [0.4, 0.5) is 0 Å². The SMILES string of the molecule is CC(=O)NCCN1CCC(C(=O)O)(C(C)C)C1. The van der Waals surface area contributed by atoms with E-state index >= 15 is 0 Å². The Morgan fingerprint density at radius 2 is 2.12 bits per heavy atom. The molecule has 2 N–H and O–H groups in total. The van der Waals surface area contributed by atoms with Crippen LogP contribution in [0.5, 0.6) is 0 Å². The first-order valence-electron chi connectivity index (χ1n) is 6.08. The van der Waals surface area contributed by atoms with Crippen molar-refractivity contribution in [3.05, 3.63) is 0 Å². The summed E-state index contributed by atoms with van der Waals surface area (Å²) in [5.41, 5.74) is -0.615. The molecule has 17 heavy (non-hydrogen) atoms. The van der Waals surface area contributed by atoms with E-state index in [0.29, 0.717) is 19.5 Å². The molecule has 1 heterocycles. The van der Waals surface area contributed by atoms with E-state index in [9.17, 15) is 14.7 Å². The molecular formula is C12H22N2O3. The van der Waals surface area contributed by atoms with Gasteiger partial charge in [0.25, 0.3) is 0 Å². The number of hydrogen-bond donors (Lipinski definition) is 2. The maximum absolute atomic E-state index is 11.4. The molecule has 1 amide bonds. The lowest BCUT2D eigenvalue weighted by molar-refractivity contribution is -0.151. The number of nitrogens with one attached hydrogen (secondary N) is 1. The van der Waals surface area contributed by atoms with Crippen LogP contribution < -0.4 is 5.32 Å². The fourth-order valence-corrected chi connectivity index (χ4v) is 2.39. The molecule has 1 rings (SSSR count). The Kier molecular flexibility index (Phi) is 4.51. The highest BCUT2D eigenvalue weighted by atomic mass is 16.4. The van der Waals surface area contributed by atoms with Crippen molar-refractivity contribution in [1.82, 2.24) is 10.2 Å². The van der Waals surface area contributed by atoms with Gasteiger partial charge in [-0.1, -0.05) is 13.8 Å². The topological polar surface area (TPSA) is 69.6 Å². The van der Waals surface area contributed by atoms with Crippen LogP contribution in [0.1, 0.15) is 27.2 Å². The Morgan fingerprint density at radius 3 is 2.53 bits per heavy atom. The third kappa shape index (κ3) is 3.19. The first-order valence-corrected chi connectivity index (χ1v) is 6.08. The predicted molar refractivity (Wildman–Crippen MR) is 64.6 cm³/mol. The molecule has 0 aromatic rings. The van der Waals surface area contributed by atoms with Gasteiger partial charge in [-0.25, -0.2) is 0 Å². The standard InChI is InChI=1S/C12H22N2O3/c1-9(2)12(11(16)17)4-6-14(8-12)7-5-13-10(3)15/h9H,4-8H2,1-3H3,(H,13,15)(H,16,17). The minimum atomic E-state index is -0.700. The van der Waals surface area contributed by atoms with Gasteiger partial charge in [-0.2, -0.15) is 0 Å². The molecule has 5 heteroatoms. The summed E-state index contributed by atoms with van der Waals surface area (Å²) >= 11 is 0. The molecule has 0 bridgehead atoms. The van der Waals surface area contributed by atoms with Crippen LogP contribution in [0.15, 0.2) is 0 Å². The van der Waals surface area contributed by atoms with Gasteiger partial charge in [0.15, 0.2) is 0 Å². The summed E-state index contributed by atoms with van der Waals surface area (Å²) in [7, 11) is 0. The Bertz CT molecular complexity index is 304. The predicted octanol–water partition coefficient (Wildman–Crippen LogP) is 0.555. The Morgan fingerprint density at radius 1 is 1.47 bits per heavy atom. The van der Waals surface area contributed by atoms with Gasteiger partial charge < -0.3 is 15.3 Å². The van der Waals surface area contributed by atoms with Gasteiger partial charge in [-0.3, -0.25) is 9.59 Å². The second-order valence-corrected chi connectivity index (χ2v) is 5.13. The number of likely N-dealkylation sites (tertiary alicyclic amines) is 1. The highest BCUT2D eigenvalue weighted by Crippen LogP contribution is 2.37. The summed E-state index contributed by atoms with van der Waals surface area (Å²) in [5.74, 6) is -0.613. The van der Waals surface area contributed by atoms with Crippen molar-refractivity contribution in [2.24, 2.45) is 11.3 Å². The molecule has 1 saturated heterocycles. The summed E-state index contributed by atoms with van der Waals surface area (Å²) in [6, 6.07) is 0. The molecule has 1 aliphatic rings. The maximum atomic E-state index is 11.4. The smallest absolute Gasteiger partial charge is 0.311 e. The summed E-state index contributed by atoms with van der Waals surface area (Å²) in [6.45, 7) is 8.10. The molecule has 0 aromatic heterocycles. The second kappa shape index (κ2) is 5.49. The van der Waals surface area contributed by atoms with Crippen LogP contribution in [-0.4, -0.2) is 48.1 Å². The van der Waals surface area contributed by atoms with Crippen molar-refractivity contribution in [3.63, 3.8) is 0 Å². The van der Waals surface area contributed by atoms with E-state index in [1.54, 1.807) is 0 Å². The quantitative estimate of drug-likeness (QED) is 0.739. The van der Waals surface area contributed by atoms with Crippen LogP contribution in [-0.2, 0) is 9.59 Å². The number of rotatable bonds is 5. The van der Waals surface area contributed by atoms with Gasteiger partial charge >= 0.3 is 5.97 Å². The molecule has 0 aromatic carbocycles. The monoisotopic (exact) mass is 242 g/mol. The molecule has 0 aliphatic carbocycles. The molecule has 0 spiro atoms. The number of carbonyl (C=O) groups excluding carboxylic acids is 1. The number of amides is 1. The van der Waals surface area contributed by atoms with E-state index in [-0.39, 0.29) is 11.8 Å². The van der Waals surface area contributed by atoms with E-state index in [0.717, 1.165) is 13.1 Å². The van der Waals surface area contributed by atoms with Gasteiger partial charge in [-0.05, 0) is 18.9 Å². The Labute approximate surface area is 102 Å². The number of carboxylic acid groups (broad SMARTS) is 1. The third-order valence-corrected chi connectivity index (χ3v) is 3.71. The molecule has 1 fully saturated rings. The first kappa shape index (κ1) is 14.0. The van der Waals surface area contributed by atoms with Crippen molar-refractivity contribution >= 4 is 11.9 Å². The minimum absolute atomic E-state index is 0.0439. The van der Waals surface area contributed by atoms with Crippen molar-refractivity contribution in [1.29, 1.82) is 0 Å². The molecule has 1 aliphatic heterocycles. The van der Waals surface area contributed by atoms with Crippen molar-refractivity contribution < 1.29 is 14.7 Å². The van der Waals surface area contributed by atoms with E-state index in [4.69, 9.17) is 0 Å². The lowest BCUT2D eigenvalue weighted by Gasteiger charge is -2.28. The summed E-state index contributed by atoms with van der Waals surface area (Å²) in [5, 5.41) is 12.1. The molecule has 0 saturated carbocycles. The third-order valence-electron chi connectivity index (χ3n) is 3.71. The molecule has 0 radical (unpaired) electrons. The zero-order valence-electron chi connectivity index (χ0n) is 10.8. The van der Waals surface area contributed by atoms with E-state index < -0.39 is 11.4 Å². The van der Waals surface area contributed by atoms with Crippen LogP contribution in [0.25, 0.3) is 0 Å². The first-order chi connectivity index (χ1) is 7.88. The Hall–Kier alpha value is -1.10. The van der Waals surface area contributed by atoms with Gasteiger partial charge in [0.2, 0.25) is 5.91 Å². The Balaban J connectivity index is 2.50. The zero-order valence-corrected chi connectivity index (χ0v) is 10.8. The highest BCUT2D eigenvalue weighted by Gasteiger charge is 2.46. The zero-order chi connectivity index (χ0) is 13.1. The fraction of sp³-hybridized carbons (Fsp3) is 0.833. The van der Waals surface area contributed by atoms with Gasteiger partial charge in [0.1, 0.15) is 0 Å². The molecule has 1 atom stereocenters. The minimum Gasteiger partial charge on any atom is -0.481 e. The number of hydrogen-bond acceptors (Lipinski definition) is 3. The van der Waals surface area contributed by atoms with Gasteiger partial charge in [-0.15, -0.1) is 0 Å². The van der Waals surface area contributed by atoms with E-state index in [1.165, 1.54) is 6.92 Å². The van der Waals surface area contributed by atoms with E-state index in [2.05, 4.69) is 10.2 Å². The lowest BCUT2D eigenvalue weighted by atomic mass is 9.76. The van der Waals surface area contributed by atoms with Crippen molar-refractivity contribution in [3.8, 4) is 0 Å². The fourth-order valence-electron chi connectivity index (χ4n) is 2.39. The lowest BCUT2D eigenvalue weighted by Crippen LogP contribution is -2.40. The average molecular weight is 242 g/mol. The number of nitrogens with zero attached hydrogens (tertiary/aromatic N) is 1. The number of carboxylic acids is 1. The van der Waals surface area contributed by atoms with Crippen LogP contribution in [0.2, 0.25) is 0 Å². The average Bonchev–Trinajstić information content (AvgIpc) is 2.62. The van der Waals surface area contributed by atoms with Gasteiger partial charge in [0, 0.05) is 26.6 Å². The summed E-state index contributed by atoms with van der Waals surface area (Å²) in [6.07, 6.45) is 0.695. The van der Waals surface area contributed by atoms with Crippen LogP contribution in [0, 0.1) is 11.3 Å². The van der Waals surface area contributed by atoms with Crippen molar-refractivity contribution in [2.45, 2.75) is 27.2 Å². The molecular weight excluding hydrogens is 220 g/mol. The largest absolute Gasteiger partial charge is 0.481 e. The van der Waals surface area contributed by atoms with E-state index in [1.807, 2.05) is 13.8 Å². The molecule has 1 unspecified atom stereocenters. The number of carbonyl (C=O) groups is 2.